The molecular formula is C15H21N3O2. The molecule has 20 heavy (non-hydrogen) atoms. The van der Waals surface area contributed by atoms with Crippen LogP contribution in [0.5, 0.6) is 0 Å². The van der Waals surface area contributed by atoms with Crippen molar-refractivity contribution in [2.24, 2.45) is 0 Å². The van der Waals surface area contributed by atoms with Gasteiger partial charge in [-0.05, 0) is 18.6 Å². The fraction of sp³-hybridized carbons (Fsp3) is 0.467. The van der Waals surface area contributed by atoms with Crippen LogP contribution in [0.15, 0.2) is 22.7 Å². The molecule has 0 spiro atoms. The van der Waals surface area contributed by atoms with Gasteiger partial charge in [0.25, 0.3) is 5.91 Å². The predicted octanol–water partition coefficient (Wildman–Crippen LogP) is 2.96. The van der Waals surface area contributed by atoms with Crippen LogP contribution < -0.4 is 0 Å². The standard InChI is InChI=1S/C15H21N3O2/c1-5-11-6-7-13(16-11)15(19)18(4)9-12-8-14(10(2)3)20-17-12/h6-8,10,16H,5,9H2,1-4H3. The van der Waals surface area contributed by atoms with E-state index in [0.717, 1.165) is 23.6 Å². The average molecular weight is 275 g/mol. The second-order valence-corrected chi connectivity index (χ2v) is 5.29. The summed E-state index contributed by atoms with van der Waals surface area (Å²) < 4.78 is 5.24. The Morgan fingerprint density at radius 3 is 2.75 bits per heavy atom. The number of nitrogens with zero attached hydrogens (tertiary/aromatic N) is 2. The molecular weight excluding hydrogens is 254 g/mol. The summed E-state index contributed by atoms with van der Waals surface area (Å²) in [5.74, 6) is 1.10. The molecule has 2 aromatic rings. The number of aromatic amines is 1. The summed E-state index contributed by atoms with van der Waals surface area (Å²) in [7, 11) is 1.76. The lowest BCUT2D eigenvalue weighted by molar-refractivity contribution is 0.0777. The third-order valence-electron chi connectivity index (χ3n) is 3.25. The van der Waals surface area contributed by atoms with E-state index >= 15 is 0 Å². The molecule has 0 bridgehead atoms. The number of rotatable bonds is 5. The van der Waals surface area contributed by atoms with Gasteiger partial charge in [0, 0.05) is 24.7 Å². The van der Waals surface area contributed by atoms with Crippen molar-refractivity contribution in [1.29, 1.82) is 0 Å². The summed E-state index contributed by atoms with van der Waals surface area (Å²) in [6, 6.07) is 5.66. The first kappa shape index (κ1) is 14.4. The average Bonchev–Trinajstić information content (AvgIpc) is 3.06. The van der Waals surface area contributed by atoms with Gasteiger partial charge in [-0.3, -0.25) is 4.79 Å². The molecule has 108 valence electrons. The van der Waals surface area contributed by atoms with Crippen LogP contribution in [0.4, 0.5) is 0 Å². The number of aryl methyl sites for hydroxylation is 1. The SMILES string of the molecule is CCc1ccc(C(=O)N(C)Cc2cc(C(C)C)on2)[nH]1. The molecule has 2 rings (SSSR count). The molecule has 1 N–H and O–H groups in total. The zero-order valence-electron chi connectivity index (χ0n) is 12.4. The summed E-state index contributed by atoms with van der Waals surface area (Å²) in [4.78, 5) is 17.0. The number of hydrogen-bond acceptors (Lipinski definition) is 3. The maximum atomic E-state index is 12.3. The predicted molar refractivity (Wildman–Crippen MR) is 76.6 cm³/mol. The van der Waals surface area contributed by atoms with Crippen LogP contribution in [-0.4, -0.2) is 28.0 Å². The monoisotopic (exact) mass is 275 g/mol. The molecule has 0 aliphatic rings. The van der Waals surface area contributed by atoms with Crippen molar-refractivity contribution in [1.82, 2.24) is 15.0 Å². The lowest BCUT2D eigenvalue weighted by atomic mass is 10.1. The Kier molecular flexibility index (Phi) is 4.27. The number of H-pyrrole nitrogens is 1. The molecule has 0 unspecified atom stereocenters. The van der Waals surface area contributed by atoms with Gasteiger partial charge in [-0.15, -0.1) is 0 Å². The van der Waals surface area contributed by atoms with Crippen LogP contribution in [0.25, 0.3) is 0 Å². The minimum absolute atomic E-state index is 0.0428. The highest BCUT2D eigenvalue weighted by atomic mass is 16.5. The van der Waals surface area contributed by atoms with Gasteiger partial charge in [0.2, 0.25) is 0 Å². The number of amides is 1. The first-order valence-electron chi connectivity index (χ1n) is 6.90. The highest BCUT2D eigenvalue weighted by Crippen LogP contribution is 2.16. The minimum atomic E-state index is -0.0428. The van der Waals surface area contributed by atoms with Crippen molar-refractivity contribution in [3.8, 4) is 0 Å². The van der Waals surface area contributed by atoms with E-state index in [9.17, 15) is 4.79 Å². The largest absolute Gasteiger partial charge is 0.361 e. The van der Waals surface area contributed by atoms with Crippen LogP contribution >= 0.6 is 0 Å². The molecule has 0 atom stereocenters. The van der Waals surface area contributed by atoms with E-state index in [-0.39, 0.29) is 5.91 Å². The second kappa shape index (κ2) is 5.94. The lowest BCUT2D eigenvalue weighted by Gasteiger charge is -2.14. The maximum absolute atomic E-state index is 12.3. The van der Waals surface area contributed by atoms with Crippen molar-refractivity contribution in [2.45, 2.75) is 39.7 Å². The molecule has 1 amide bonds. The topological polar surface area (TPSA) is 62.1 Å². The Morgan fingerprint density at radius 2 is 2.20 bits per heavy atom. The van der Waals surface area contributed by atoms with Gasteiger partial charge < -0.3 is 14.4 Å². The van der Waals surface area contributed by atoms with Gasteiger partial charge in [0.15, 0.2) is 0 Å². The van der Waals surface area contributed by atoms with Gasteiger partial charge in [-0.1, -0.05) is 25.9 Å². The normalized spacial score (nSPS) is 11.1. The Morgan fingerprint density at radius 1 is 1.45 bits per heavy atom. The molecule has 2 aromatic heterocycles. The van der Waals surface area contributed by atoms with E-state index in [1.165, 1.54) is 0 Å². The molecule has 0 aliphatic carbocycles. The summed E-state index contributed by atoms with van der Waals surface area (Å²) in [5.41, 5.74) is 2.44. The van der Waals surface area contributed by atoms with Crippen molar-refractivity contribution < 1.29 is 9.32 Å². The molecule has 0 aromatic carbocycles. The Hall–Kier alpha value is -2.04. The van der Waals surface area contributed by atoms with Gasteiger partial charge >= 0.3 is 0 Å². The number of carbonyl (C=O) groups is 1. The Bertz CT molecular complexity index is 583. The minimum Gasteiger partial charge on any atom is -0.361 e. The third-order valence-corrected chi connectivity index (χ3v) is 3.25. The second-order valence-electron chi connectivity index (χ2n) is 5.29. The van der Waals surface area contributed by atoms with Gasteiger partial charge in [-0.25, -0.2) is 0 Å². The maximum Gasteiger partial charge on any atom is 0.270 e. The molecule has 0 saturated heterocycles. The fourth-order valence-corrected chi connectivity index (χ4v) is 1.97. The molecule has 0 saturated carbocycles. The first-order chi connectivity index (χ1) is 9.51. The van der Waals surface area contributed by atoms with E-state index in [4.69, 9.17) is 4.52 Å². The Balaban J connectivity index is 2.03. The smallest absolute Gasteiger partial charge is 0.270 e. The molecule has 0 fully saturated rings. The van der Waals surface area contributed by atoms with Gasteiger partial charge in [0.1, 0.15) is 17.1 Å². The number of nitrogens with one attached hydrogen (secondary N) is 1. The lowest BCUT2D eigenvalue weighted by Crippen LogP contribution is -2.26. The Labute approximate surface area is 119 Å². The summed E-state index contributed by atoms with van der Waals surface area (Å²) in [5, 5.41) is 4.00. The quantitative estimate of drug-likeness (QED) is 0.912. The highest BCUT2D eigenvalue weighted by Gasteiger charge is 2.16. The summed E-state index contributed by atoms with van der Waals surface area (Å²) in [6.45, 7) is 6.58. The van der Waals surface area contributed by atoms with Crippen LogP contribution in [0.1, 0.15) is 54.3 Å². The van der Waals surface area contributed by atoms with Gasteiger partial charge in [-0.2, -0.15) is 0 Å². The van der Waals surface area contributed by atoms with E-state index in [2.05, 4.69) is 10.1 Å². The van der Waals surface area contributed by atoms with E-state index in [1.807, 2.05) is 39.0 Å². The van der Waals surface area contributed by atoms with E-state index in [1.54, 1.807) is 11.9 Å². The number of aromatic nitrogens is 2. The molecule has 2 heterocycles. The molecule has 0 aliphatic heterocycles. The third kappa shape index (κ3) is 3.10. The molecule has 5 nitrogen and oxygen atoms in total. The number of hydrogen-bond donors (Lipinski definition) is 1. The van der Waals surface area contributed by atoms with Crippen molar-refractivity contribution in [3.05, 3.63) is 41.0 Å². The zero-order chi connectivity index (χ0) is 14.7. The van der Waals surface area contributed by atoms with Crippen LogP contribution in [0.3, 0.4) is 0 Å². The van der Waals surface area contributed by atoms with Crippen LogP contribution in [0.2, 0.25) is 0 Å². The van der Waals surface area contributed by atoms with Crippen molar-refractivity contribution >= 4 is 5.91 Å². The fourth-order valence-electron chi connectivity index (χ4n) is 1.97. The summed E-state index contributed by atoms with van der Waals surface area (Å²) >= 11 is 0. The van der Waals surface area contributed by atoms with E-state index in [0.29, 0.717) is 18.2 Å². The van der Waals surface area contributed by atoms with Crippen LogP contribution in [0, 0.1) is 0 Å². The summed E-state index contributed by atoms with van der Waals surface area (Å²) in [6.07, 6.45) is 0.887. The highest BCUT2D eigenvalue weighted by molar-refractivity contribution is 5.92. The zero-order valence-corrected chi connectivity index (χ0v) is 12.4. The molecule has 0 radical (unpaired) electrons. The first-order valence-corrected chi connectivity index (χ1v) is 6.90. The van der Waals surface area contributed by atoms with Crippen LogP contribution in [-0.2, 0) is 13.0 Å². The van der Waals surface area contributed by atoms with Crippen molar-refractivity contribution in [2.75, 3.05) is 7.05 Å². The van der Waals surface area contributed by atoms with E-state index < -0.39 is 0 Å². The van der Waals surface area contributed by atoms with Gasteiger partial charge in [0.05, 0.1) is 6.54 Å². The number of carbonyl (C=O) groups excluding carboxylic acids is 1. The molecule has 5 heteroatoms. The van der Waals surface area contributed by atoms with Crippen molar-refractivity contribution in [3.63, 3.8) is 0 Å².